The molecule has 4 nitrogen and oxygen atoms in total. The van der Waals surface area contributed by atoms with E-state index in [1.54, 1.807) is 17.7 Å². The second kappa shape index (κ2) is 6.06. The van der Waals surface area contributed by atoms with E-state index in [-0.39, 0.29) is 5.56 Å². The van der Waals surface area contributed by atoms with E-state index in [0.717, 1.165) is 21.3 Å². The van der Waals surface area contributed by atoms with Crippen molar-refractivity contribution in [2.24, 2.45) is 0 Å². The van der Waals surface area contributed by atoms with E-state index < -0.39 is 0 Å². The number of aromatic nitrogens is 2. The van der Waals surface area contributed by atoms with Crippen LogP contribution < -0.4 is 10.3 Å². The zero-order valence-corrected chi connectivity index (χ0v) is 14.2. The third-order valence-corrected chi connectivity index (χ3v) is 4.26. The number of halogens is 1. The van der Waals surface area contributed by atoms with Gasteiger partial charge in [0.05, 0.1) is 24.6 Å². The number of hydrogen-bond acceptors (Lipinski definition) is 3. The highest BCUT2D eigenvalue weighted by molar-refractivity contribution is 9.10. The van der Waals surface area contributed by atoms with Crippen LogP contribution in [-0.2, 0) is 6.54 Å². The fourth-order valence-corrected chi connectivity index (χ4v) is 2.90. The van der Waals surface area contributed by atoms with Gasteiger partial charge in [-0.3, -0.25) is 9.36 Å². The Morgan fingerprint density at radius 3 is 2.64 bits per heavy atom. The van der Waals surface area contributed by atoms with Crippen LogP contribution in [0.5, 0.6) is 5.75 Å². The number of nitrogens with one attached hydrogen (secondary N) is 1. The fraction of sp³-hybridized carbons (Fsp3) is 0.125. The van der Waals surface area contributed by atoms with E-state index >= 15 is 0 Å². The van der Waals surface area contributed by atoms with Crippen LogP contribution in [0.15, 0.2) is 51.7 Å². The first-order valence-corrected chi connectivity index (χ1v) is 7.84. The van der Waals surface area contributed by atoms with Gasteiger partial charge in [-0.05, 0) is 48.1 Å². The summed E-state index contributed by atoms with van der Waals surface area (Å²) >= 11 is 8.71. The Hall–Kier alpha value is -1.92. The minimum absolute atomic E-state index is 0.101. The summed E-state index contributed by atoms with van der Waals surface area (Å²) in [4.78, 5) is 15.8. The third-order valence-electron chi connectivity index (χ3n) is 3.44. The molecule has 22 heavy (non-hydrogen) atoms. The molecular formula is C16H13BrN2O2S. The summed E-state index contributed by atoms with van der Waals surface area (Å²) in [6.45, 7) is 0.417. The molecule has 0 spiro atoms. The van der Waals surface area contributed by atoms with Gasteiger partial charge in [0, 0.05) is 4.47 Å². The van der Waals surface area contributed by atoms with Gasteiger partial charge < -0.3 is 9.72 Å². The van der Waals surface area contributed by atoms with E-state index in [1.165, 1.54) is 0 Å². The predicted molar refractivity (Wildman–Crippen MR) is 93.2 cm³/mol. The number of rotatable bonds is 3. The van der Waals surface area contributed by atoms with Crippen molar-refractivity contribution in [3.8, 4) is 5.75 Å². The van der Waals surface area contributed by atoms with Crippen LogP contribution in [0.25, 0.3) is 10.9 Å². The average molecular weight is 377 g/mol. The third kappa shape index (κ3) is 2.84. The number of nitrogens with zero attached hydrogens (tertiary/aromatic N) is 1. The van der Waals surface area contributed by atoms with Crippen LogP contribution in [0.2, 0.25) is 0 Å². The maximum absolute atomic E-state index is 12.7. The van der Waals surface area contributed by atoms with Gasteiger partial charge in [-0.15, -0.1) is 0 Å². The molecule has 0 amide bonds. The normalized spacial score (nSPS) is 10.8. The molecule has 0 saturated carbocycles. The highest BCUT2D eigenvalue weighted by Crippen LogP contribution is 2.16. The zero-order chi connectivity index (χ0) is 15.7. The van der Waals surface area contributed by atoms with Crippen LogP contribution in [0, 0.1) is 4.77 Å². The summed E-state index contributed by atoms with van der Waals surface area (Å²) in [7, 11) is 1.62. The smallest absolute Gasteiger partial charge is 0.262 e. The lowest BCUT2D eigenvalue weighted by Crippen LogP contribution is -2.22. The molecule has 3 aromatic rings. The molecule has 0 atom stereocenters. The lowest BCUT2D eigenvalue weighted by atomic mass is 10.2. The van der Waals surface area contributed by atoms with Crippen molar-refractivity contribution in [3.05, 3.63) is 67.6 Å². The van der Waals surface area contributed by atoms with Gasteiger partial charge >= 0.3 is 0 Å². The Morgan fingerprint density at radius 2 is 1.95 bits per heavy atom. The first-order valence-electron chi connectivity index (χ1n) is 6.64. The van der Waals surface area contributed by atoms with Crippen LogP contribution >= 0.6 is 28.1 Å². The van der Waals surface area contributed by atoms with E-state index in [4.69, 9.17) is 17.0 Å². The molecule has 2 aromatic carbocycles. The Morgan fingerprint density at radius 1 is 1.23 bits per heavy atom. The number of aromatic amines is 1. The highest BCUT2D eigenvalue weighted by atomic mass is 79.9. The second-order valence-corrected chi connectivity index (χ2v) is 6.16. The number of H-pyrrole nitrogens is 1. The maximum Gasteiger partial charge on any atom is 0.262 e. The minimum atomic E-state index is -0.101. The van der Waals surface area contributed by atoms with Gasteiger partial charge in [-0.25, -0.2) is 0 Å². The Labute approximate surface area is 140 Å². The summed E-state index contributed by atoms with van der Waals surface area (Å²) < 4.78 is 7.97. The van der Waals surface area contributed by atoms with E-state index in [1.807, 2.05) is 36.4 Å². The van der Waals surface area contributed by atoms with Crippen LogP contribution in [0.3, 0.4) is 0 Å². The van der Waals surface area contributed by atoms with Gasteiger partial charge in [0.15, 0.2) is 4.77 Å². The Bertz CT molecular complexity index is 945. The number of ether oxygens (including phenoxy) is 1. The zero-order valence-electron chi connectivity index (χ0n) is 11.8. The van der Waals surface area contributed by atoms with Crippen molar-refractivity contribution < 1.29 is 4.74 Å². The van der Waals surface area contributed by atoms with Gasteiger partial charge in [-0.1, -0.05) is 28.1 Å². The van der Waals surface area contributed by atoms with Crippen molar-refractivity contribution in [3.63, 3.8) is 0 Å². The average Bonchev–Trinajstić information content (AvgIpc) is 2.53. The SMILES string of the molecule is COc1ccc(Cn2c(=S)[nH]c3ccc(Br)cc3c2=O)cc1. The van der Waals surface area contributed by atoms with Gasteiger partial charge in [0.25, 0.3) is 5.56 Å². The second-order valence-electron chi connectivity index (χ2n) is 4.86. The van der Waals surface area contributed by atoms with Crippen molar-refractivity contribution in [1.29, 1.82) is 0 Å². The molecule has 0 radical (unpaired) electrons. The van der Waals surface area contributed by atoms with Crippen molar-refractivity contribution in [1.82, 2.24) is 9.55 Å². The molecule has 1 heterocycles. The molecule has 3 rings (SSSR count). The molecule has 6 heteroatoms. The number of fused-ring (bicyclic) bond motifs is 1. The monoisotopic (exact) mass is 376 g/mol. The molecule has 1 N–H and O–H groups in total. The lowest BCUT2D eigenvalue weighted by Gasteiger charge is -2.09. The first-order chi connectivity index (χ1) is 10.6. The molecule has 0 aliphatic heterocycles. The fourth-order valence-electron chi connectivity index (χ4n) is 2.28. The van der Waals surface area contributed by atoms with E-state index in [2.05, 4.69) is 20.9 Å². The van der Waals surface area contributed by atoms with Gasteiger partial charge in [-0.2, -0.15) is 0 Å². The minimum Gasteiger partial charge on any atom is -0.497 e. The predicted octanol–water partition coefficient (Wildman–Crippen LogP) is 3.88. The maximum atomic E-state index is 12.7. The molecule has 1 aromatic heterocycles. The molecule has 0 unspecified atom stereocenters. The van der Waals surface area contributed by atoms with Gasteiger partial charge in [0.2, 0.25) is 0 Å². The largest absolute Gasteiger partial charge is 0.497 e. The number of methoxy groups -OCH3 is 1. The van der Waals surface area contributed by atoms with Crippen molar-refractivity contribution in [2.75, 3.05) is 7.11 Å². The Balaban J connectivity index is 2.09. The van der Waals surface area contributed by atoms with E-state index in [0.29, 0.717) is 16.7 Å². The van der Waals surface area contributed by atoms with Crippen molar-refractivity contribution >= 4 is 39.1 Å². The number of benzene rings is 2. The molecule has 0 saturated heterocycles. The van der Waals surface area contributed by atoms with Crippen LogP contribution in [0.4, 0.5) is 0 Å². The molecule has 112 valence electrons. The quantitative estimate of drug-likeness (QED) is 0.705. The summed E-state index contributed by atoms with van der Waals surface area (Å²) in [5, 5.41) is 0.608. The topological polar surface area (TPSA) is 47.0 Å². The first kappa shape index (κ1) is 15.0. The number of hydrogen-bond donors (Lipinski definition) is 1. The molecule has 0 aliphatic carbocycles. The summed E-state index contributed by atoms with van der Waals surface area (Å²) in [6, 6.07) is 13.1. The van der Waals surface area contributed by atoms with Crippen molar-refractivity contribution in [2.45, 2.75) is 6.54 Å². The molecule has 0 bridgehead atoms. The highest BCUT2D eigenvalue weighted by Gasteiger charge is 2.07. The standard InChI is InChI=1S/C16H13BrN2O2S/c1-21-12-5-2-10(3-6-12)9-19-15(20)13-8-11(17)4-7-14(13)18-16(19)22/h2-8H,9H2,1H3,(H,18,22). The summed E-state index contributed by atoms with van der Waals surface area (Å²) in [5.74, 6) is 0.781. The summed E-state index contributed by atoms with van der Waals surface area (Å²) in [6.07, 6.45) is 0. The molecular weight excluding hydrogens is 364 g/mol. The van der Waals surface area contributed by atoms with E-state index in [9.17, 15) is 4.79 Å². The molecule has 0 aliphatic rings. The summed E-state index contributed by atoms with van der Waals surface area (Å²) in [5.41, 5.74) is 1.62. The van der Waals surface area contributed by atoms with Crippen LogP contribution in [-0.4, -0.2) is 16.7 Å². The lowest BCUT2D eigenvalue weighted by molar-refractivity contribution is 0.414. The molecule has 0 fully saturated rings. The van der Waals surface area contributed by atoms with Crippen LogP contribution in [0.1, 0.15) is 5.56 Å². The van der Waals surface area contributed by atoms with Gasteiger partial charge in [0.1, 0.15) is 5.75 Å². The Kier molecular flexibility index (Phi) is 4.13.